The zero-order valence-corrected chi connectivity index (χ0v) is 11.3. The molecule has 1 aromatic heterocycles. The van der Waals surface area contributed by atoms with Crippen molar-refractivity contribution in [2.24, 2.45) is 0 Å². The number of carbonyl (C=O) groups excluding carboxylic acids is 1. The second-order valence-electron chi connectivity index (χ2n) is 5.11. The minimum atomic E-state index is -0.732. The first-order chi connectivity index (χ1) is 10.3. The highest BCUT2D eigenvalue weighted by Gasteiger charge is 2.34. The van der Waals surface area contributed by atoms with Crippen molar-refractivity contribution < 1.29 is 14.3 Å². The Morgan fingerprint density at radius 3 is 2.90 bits per heavy atom. The second-order valence-corrected chi connectivity index (χ2v) is 5.11. The highest BCUT2D eigenvalue weighted by atomic mass is 16.7. The predicted molar refractivity (Wildman–Crippen MR) is 77.7 cm³/mol. The second kappa shape index (κ2) is 4.62. The van der Waals surface area contributed by atoms with Crippen LogP contribution in [0.1, 0.15) is 10.5 Å². The Balaban J connectivity index is 1.95. The molecule has 0 bridgehead atoms. The number of hydrogen-bond donors (Lipinski definition) is 0. The number of carbonyl (C=O) groups is 1. The Labute approximate surface area is 121 Å². The summed E-state index contributed by atoms with van der Waals surface area (Å²) in [5.41, 5.74) is 2.53. The van der Waals surface area contributed by atoms with Crippen LogP contribution < -0.4 is 10.4 Å². The van der Waals surface area contributed by atoms with Crippen LogP contribution in [0.4, 0.5) is 0 Å². The number of aromatic nitrogens is 1. The van der Waals surface area contributed by atoms with E-state index in [-0.39, 0.29) is 0 Å². The number of pyridine rings is 1. The molecule has 3 aliphatic rings. The van der Waals surface area contributed by atoms with Gasteiger partial charge in [0.05, 0.1) is 13.2 Å². The molecule has 0 unspecified atom stereocenters. The van der Waals surface area contributed by atoms with Crippen molar-refractivity contribution in [2.75, 3.05) is 13.2 Å². The topological polar surface area (TPSA) is 48.4 Å². The van der Waals surface area contributed by atoms with E-state index in [0.29, 0.717) is 18.9 Å². The van der Waals surface area contributed by atoms with E-state index >= 15 is 0 Å². The van der Waals surface area contributed by atoms with Crippen molar-refractivity contribution in [3.05, 3.63) is 64.3 Å². The van der Waals surface area contributed by atoms with Crippen molar-refractivity contribution in [2.45, 2.75) is 5.79 Å². The summed E-state index contributed by atoms with van der Waals surface area (Å²) in [5, 5.41) is 1.98. The fourth-order valence-electron chi connectivity index (χ4n) is 2.82. The molecule has 2 heterocycles. The molecule has 0 N–H and O–H groups in total. The third-order valence-electron chi connectivity index (χ3n) is 3.81. The number of nitrogens with zero attached hydrogens (tertiary/aromatic N) is 1. The van der Waals surface area contributed by atoms with Crippen LogP contribution >= 0.6 is 0 Å². The molecule has 0 saturated carbocycles. The highest BCUT2D eigenvalue weighted by molar-refractivity contribution is 5.81. The standard InChI is InChI=1S/C17H13NO3/c19-11-14-8-12-2-1-3-13-9-17(20-6-7-21-17)5-4-15(13)16(12)10-18-14/h1-5,8-11H,6-7H2. The molecular formula is C17H13NO3. The number of hydrogen-bond acceptors (Lipinski definition) is 4. The molecule has 1 spiro atoms. The van der Waals surface area contributed by atoms with E-state index in [1.54, 1.807) is 12.3 Å². The molecule has 1 saturated heterocycles. The third kappa shape index (κ3) is 2.00. The smallest absolute Gasteiger partial charge is 0.209 e. The minimum absolute atomic E-state index is 0.435. The Morgan fingerprint density at radius 2 is 2.10 bits per heavy atom. The Hall–Kier alpha value is -2.30. The SMILES string of the molecule is O=Cc1cc2c(cn1)=C1C=CC3(C=C1C=CC=2)OCCO3. The van der Waals surface area contributed by atoms with Crippen LogP contribution in [0.3, 0.4) is 0 Å². The molecule has 4 nitrogen and oxygen atoms in total. The van der Waals surface area contributed by atoms with Crippen LogP contribution in [0.5, 0.6) is 0 Å². The van der Waals surface area contributed by atoms with Gasteiger partial charge in [0.2, 0.25) is 5.79 Å². The molecular weight excluding hydrogens is 266 g/mol. The molecule has 104 valence electrons. The summed E-state index contributed by atoms with van der Waals surface area (Å²) in [6.45, 7) is 1.19. The summed E-state index contributed by atoms with van der Waals surface area (Å²) in [4.78, 5) is 15.0. The minimum Gasteiger partial charge on any atom is -0.341 e. The van der Waals surface area contributed by atoms with Gasteiger partial charge in [-0.1, -0.05) is 24.3 Å². The average molecular weight is 279 g/mol. The van der Waals surface area contributed by atoms with Crippen molar-refractivity contribution >= 4 is 17.9 Å². The summed E-state index contributed by atoms with van der Waals surface area (Å²) < 4.78 is 11.4. The molecule has 0 atom stereocenters. The molecule has 2 aliphatic carbocycles. The zero-order valence-electron chi connectivity index (χ0n) is 11.3. The first-order valence-corrected chi connectivity index (χ1v) is 6.84. The fourth-order valence-corrected chi connectivity index (χ4v) is 2.82. The summed E-state index contributed by atoms with van der Waals surface area (Å²) >= 11 is 0. The Bertz CT molecular complexity index is 824. The molecule has 0 aromatic carbocycles. The number of ether oxygens (including phenoxy) is 2. The van der Waals surface area contributed by atoms with Crippen LogP contribution in [0.2, 0.25) is 0 Å². The van der Waals surface area contributed by atoms with Crippen LogP contribution in [-0.4, -0.2) is 30.3 Å². The zero-order chi connectivity index (χ0) is 14.3. The first-order valence-electron chi connectivity index (χ1n) is 6.84. The average Bonchev–Trinajstić information content (AvgIpc) is 2.88. The van der Waals surface area contributed by atoms with Crippen LogP contribution in [-0.2, 0) is 9.47 Å². The van der Waals surface area contributed by atoms with E-state index in [2.05, 4.69) is 4.98 Å². The molecule has 0 radical (unpaired) electrons. The summed E-state index contributed by atoms with van der Waals surface area (Å²) in [6, 6.07) is 1.80. The Kier molecular flexibility index (Phi) is 2.74. The number of rotatable bonds is 1. The normalized spacial score (nSPS) is 21.3. The Morgan fingerprint density at radius 1 is 1.24 bits per heavy atom. The van der Waals surface area contributed by atoms with Gasteiger partial charge < -0.3 is 9.47 Å². The fraction of sp³-hybridized carbons (Fsp3) is 0.176. The van der Waals surface area contributed by atoms with Gasteiger partial charge in [0, 0.05) is 11.4 Å². The van der Waals surface area contributed by atoms with Crippen LogP contribution in [0.15, 0.2) is 48.2 Å². The van der Waals surface area contributed by atoms with E-state index in [0.717, 1.165) is 27.9 Å². The van der Waals surface area contributed by atoms with Gasteiger partial charge in [-0.25, -0.2) is 0 Å². The van der Waals surface area contributed by atoms with Crippen molar-refractivity contribution in [3.8, 4) is 0 Å². The third-order valence-corrected chi connectivity index (χ3v) is 3.81. The lowest BCUT2D eigenvalue weighted by Crippen LogP contribution is -2.31. The van der Waals surface area contributed by atoms with Gasteiger partial charge >= 0.3 is 0 Å². The van der Waals surface area contributed by atoms with Gasteiger partial charge in [-0.3, -0.25) is 9.78 Å². The van der Waals surface area contributed by atoms with Gasteiger partial charge in [-0.2, -0.15) is 0 Å². The van der Waals surface area contributed by atoms with E-state index < -0.39 is 5.79 Å². The van der Waals surface area contributed by atoms with Gasteiger partial charge in [0.1, 0.15) is 5.69 Å². The molecule has 21 heavy (non-hydrogen) atoms. The summed E-state index contributed by atoms with van der Waals surface area (Å²) in [5.74, 6) is -0.732. The maximum absolute atomic E-state index is 10.9. The highest BCUT2D eigenvalue weighted by Crippen LogP contribution is 2.32. The molecule has 4 heteroatoms. The monoisotopic (exact) mass is 279 g/mol. The molecule has 1 fully saturated rings. The van der Waals surface area contributed by atoms with E-state index in [9.17, 15) is 4.79 Å². The molecule has 0 amide bonds. The first kappa shape index (κ1) is 12.4. The van der Waals surface area contributed by atoms with Gasteiger partial charge in [0.15, 0.2) is 6.29 Å². The summed E-state index contributed by atoms with van der Waals surface area (Å²) in [6.07, 6.45) is 14.4. The number of allylic oxidation sites excluding steroid dienone is 4. The maximum Gasteiger partial charge on any atom is 0.209 e. The lowest BCUT2D eigenvalue weighted by Gasteiger charge is -2.24. The number of aldehydes is 1. The molecule has 4 rings (SSSR count). The van der Waals surface area contributed by atoms with Gasteiger partial charge in [0.25, 0.3) is 0 Å². The van der Waals surface area contributed by atoms with Crippen molar-refractivity contribution in [1.29, 1.82) is 0 Å². The largest absolute Gasteiger partial charge is 0.341 e. The van der Waals surface area contributed by atoms with Crippen LogP contribution in [0.25, 0.3) is 11.6 Å². The van der Waals surface area contributed by atoms with E-state index in [4.69, 9.17) is 9.47 Å². The van der Waals surface area contributed by atoms with Crippen molar-refractivity contribution in [3.63, 3.8) is 0 Å². The maximum atomic E-state index is 10.9. The van der Waals surface area contributed by atoms with Crippen LogP contribution in [0, 0.1) is 0 Å². The lowest BCUT2D eigenvalue weighted by atomic mass is 9.95. The molecule has 1 aromatic rings. The lowest BCUT2D eigenvalue weighted by molar-refractivity contribution is -0.0750. The summed E-state index contributed by atoms with van der Waals surface area (Å²) in [7, 11) is 0. The van der Waals surface area contributed by atoms with Crippen molar-refractivity contribution in [1.82, 2.24) is 4.98 Å². The number of fused-ring (bicyclic) bond motifs is 2. The van der Waals surface area contributed by atoms with Gasteiger partial charge in [-0.05, 0) is 34.6 Å². The van der Waals surface area contributed by atoms with E-state index in [1.807, 2.05) is 36.5 Å². The van der Waals surface area contributed by atoms with Gasteiger partial charge in [-0.15, -0.1) is 0 Å². The quantitative estimate of drug-likeness (QED) is 0.708. The predicted octanol–water partition coefficient (Wildman–Crippen LogP) is 0.634. The molecule has 1 aliphatic heterocycles. The van der Waals surface area contributed by atoms with E-state index in [1.165, 1.54) is 0 Å².